The molecule has 1 amide bonds. The summed E-state index contributed by atoms with van der Waals surface area (Å²) in [7, 11) is 1.61. The second-order valence-electron chi connectivity index (χ2n) is 12.5. The fourth-order valence-electron chi connectivity index (χ4n) is 6.76. The molecule has 0 aromatic heterocycles. The van der Waals surface area contributed by atoms with Crippen molar-refractivity contribution in [2.24, 2.45) is 17.3 Å². The number of hydrogen-bond acceptors (Lipinski definition) is 7. The fourth-order valence-corrected chi connectivity index (χ4v) is 6.76. The lowest BCUT2D eigenvalue weighted by Gasteiger charge is -2.35. The van der Waals surface area contributed by atoms with E-state index in [2.05, 4.69) is 5.32 Å². The SMILES string of the molecule is COCCOCC(CC1(C(=O)NC2CCC(C(=O)OCc3ccccc3)CC2)CCCC1)C(=O)Oc1cccc2ccccc12. The van der Waals surface area contributed by atoms with E-state index in [0.29, 0.717) is 38.2 Å². The summed E-state index contributed by atoms with van der Waals surface area (Å²) in [6.45, 7) is 1.19. The third-order valence-electron chi connectivity index (χ3n) is 9.34. The average molecular weight is 616 g/mol. The molecule has 8 nitrogen and oxygen atoms in total. The van der Waals surface area contributed by atoms with Gasteiger partial charge in [0.15, 0.2) is 0 Å². The van der Waals surface area contributed by atoms with Crippen LogP contribution in [0, 0.1) is 17.3 Å². The molecule has 0 spiro atoms. The van der Waals surface area contributed by atoms with Crippen molar-refractivity contribution in [3.05, 3.63) is 78.4 Å². The van der Waals surface area contributed by atoms with Crippen LogP contribution >= 0.6 is 0 Å². The minimum absolute atomic E-state index is 0.00467. The van der Waals surface area contributed by atoms with E-state index in [1.54, 1.807) is 13.2 Å². The number of carbonyl (C=O) groups excluding carboxylic acids is 3. The van der Waals surface area contributed by atoms with Gasteiger partial charge in [-0.25, -0.2) is 0 Å². The Kier molecular flexibility index (Phi) is 11.6. The molecule has 240 valence electrons. The van der Waals surface area contributed by atoms with Crippen LogP contribution in [0.1, 0.15) is 63.4 Å². The van der Waals surface area contributed by atoms with Crippen LogP contribution in [-0.2, 0) is 35.2 Å². The van der Waals surface area contributed by atoms with Gasteiger partial charge in [0.2, 0.25) is 5.91 Å². The van der Waals surface area contributed by atoms with E-state index < -0.39 is 17.3 Å². The molecule has 45 heavy (non-hydrogen) atoms. The summed E-state index contributed by atoms with van der Waals surface area (Å²) in [4.78, 5) is 40.4. The second kappa shape index (κ2) is 16.0. The van der Waals surface area contributed by atoms with Crippen molar-refractivity contribution < 1.29 is 33.3 Å². The van der Waals surface area contributed by atoms with Crippen LogP contribution in [0.25, 0.3) is 10.8 Å². The number of amides is 1. The molecule has 0 radical (unpaired) electrons. The van der Waals surface area contributed by atoms with Crippen molar-refractivity contribution in [3.8, 4) is 5.75 Å². The van der Waals surface area contributed by atoms with E-state index in [-0.39, 0.29) is 37.0 Å². The molecule has 0 bridgehead atoms. The minimum atomic E-state index is -0.668. The quantitative estimate of drug-likeness (QED) is 0.127. The summed E-state index contributed by atoms with van der Waals surface area (Å²) in [6, 6.07) is 23.1. The number of benzene rings is 3. The maximum Gasteiger partial charge on any atom is 0.316 e. The molecule has 1 N–H and O–H groups in total. The zero-order valence-corrected chi connectivity index (χ0v) is 26.2. The van der Waals surface area contributed by atoms with Gasteiger partial charge in [-0.2, -0.15) is 0 Å². The highest BCUT2D eigenvalue weighted by molar-refractivity contribution is 5.91. The molecule has 2 fully saturated rings. The third-order valence-corrected chi connectivity index (χ3v) is 9.34. The van der Waals surface area contributed by atoms with Crippen molar-refractivity contribution in [3.63, 3.8) is 0 Å². The highest BCUT2D eigenvalue weighted by Gasteiger charge is 2.45. The summed E-state index contributed by atoms with van der Waals surface area (Å²) >= 11 is 0. The second-order valence-corrected chi connectivity index (χ2v) is 12.5. The molecule has 0 aliphatic heterocycles. The van der Waals surface area contributed by atoms with E-state index in [0.717, 1.165) is 54.9 Å². The maximum absolute atomic E-state index is 14.0. The minimum Gasteiger partial charge on any atom is -0.461 e. The van der Waals surface area contributed by atoms with Crippen LogP contribution in [0.5, 0.6) is 5.75 Å². The molecule has 8 heteroatoms. The molecule has 3 aromatic carbocycles. The monoisotopic (exact) mass is 615 g/mol. The van der Waals surface area contributed by atoms with Gasteiger partial charge in [0, 0.05) is 18.5 Å². The lowest BCUT2D eigenvalue weighted by molar-refractivity contribution is -0.151. The third kappa shape index (κ3) is 8.70. The van der Waals surface area contributed by atoms with Crippen LogP contribution in [-0.4, -0.2) is 50.8 Å². The molecule has 3 aromatic rings. The molecule has 2 aliphatic rings. The number of fused-ring (bicyclic) bond motifs is 1. The first-order chi connectivity index (χ1) is 22.0. The zero-order chi connectivity index (χ0) is 31.5. The number of nitrogens with one attached hydrogen (secondary N) is 1. The van der Waals surface area contributed by atoms with Crippen molar-refractivity contribution in [2.45, 2.75) is 70.4 Å². The van der Waals surface area contributed by atoms with Crippen molar-refractivity contribution >= 4 is 28.6 Å². The zero-order valence-electron chi connectivity index (χ0n) is 26.2. The van der Waals surface area contributed by atoms with Gasteiger partial charge in [0.05, 0.1) is 37.1 Å². The Balaban J connectivity index is 1.20. The van der Waals surface area contributed by atoms with Crippen molar-refractivity contribution in [1.29, 1.82) is 0 Å². The molecular weight excluding hydrogens is 570 g/mol. The standard InChI is InChI=1S/C37H45NO7/c1-42-22-23-43-26-30(35(40)45-33-15-9-13-28-12-5-6-14-32(28)33)24-37(20-7-8-21-37)36(41)38-31-18-16-29(17-19-31)34(39)44-25-27-10-3-2-4-11-27/h2-6,9-15,29-31H,7-8,16-26H2,1H3,(H,38,41). The Hall–Kier alpha value is -3.75. The first kappa shape index (κ1) is 32.6. The molecule has 0 heterocycles. The molecule has 2 aliphatic carbocycles. The number of esters is 2. The molecular formula is C37H45NO7. The number of carbonyl (C=O) groups is 3. The molecule has 1 atom stereocenters. The summed E-state index contributed by atoms with van der Waals surface area (Å²) in [5.74, 6) is -0.826. The summed E-state index contributed by atoms with van der Waals surface area (Å²) in [6.07, 6.45) is 6.46. The van der Waals surface area contributed by atoms with E-state index in [4.69, 9.17) is 18.9 Å². The largest absolute Gasteiger partial charge is 0.461 e. The smallest absolute Gasteiger partial charge is 0.316 e. The summed E-state index contributed by atoms with van der Waals surface area (Å²) < 4.78 is 22.5. The first-order valence-electron chi connectivity index (χ1n) is 16.2. The lowest BCUT2D eigenvalue weighted by Crippen LogP contribution is -2.47. The van der Waals surface area contributed by atoms with Gasteiger partial charge in [0.25, 0.3) is 0 Å². The van der Waals surface area contributed by atoms with Crippen LogP contribution in [0.4, 0.5) is 0 Å². The van der Waals surface area contributed by atoms with Crippen LogP contribution in [0.2, 0.25) is 0 Å². The maximum atomic E-state index is 14.0. The van der Waals surface area contributed by atoms with E-state index in [1.807, 2.05) is 66.7 Å². The van der Waals surface area contributed by atoms with E-state index >= 15 is 0 Å². The highest BCUT2D eigenvalue weighted by Crippen LogP contribution is 2.44. The van der Waals surface area contributed by atoms with Crippen LogP contribution < -0.4 is 10.1 Å². The van der Waals surface area contributed by atoms with Crippen LogP contribution in [0.3, 0.4) is 0 Å². The van der Waals surface area contributed by atoms with Gasteiger partial charge in [0.1, 0.15) is 12.4 Å². The first-order valence-corrected chi connectivity index (χ1v) is 16.2. The predicted octanol–water partition coefficient (Wildman–Crippen LogP) is 6.39. The predicted molar refractivity (Wildman–Crippen MR) is 171 cm³/mol. The lowest BCUT2D eigenvalue weighted by atomic mass is 9.76. The molecule has 5 rings (SSSR count). The topological polar surface area (TPSA) is 100 Å². The number of methoxy groups -OCH3 is 1. The van der Waals surface area contributed by atoms with Gasteiger partial charge in [-0.05, 0) is 62.0 Å². The normalized spacial score (nSPS) is 19.9. The highest BCUT2D eigenvalue weighted by atomic mass is 16.5. The Morgan fingerprint density at radius 3 is 2.33 bits per heavy atom. The summed E-state index contributed by atoms with van der Waals surface area (Å²) in [5.41, 5.74) is 0.301. The number of ether oxygens (including phenoxy) is 4. The van der Waals surface area contributed by atoms with E-state index in [1.165, 1.54) is 0 Å². The van der Waals surface area contributed by atoms with Gasteiger partial charge >= 0.3 is 11.9 Å². The van der Waals surface area contributed by atoms with E-state index in [9.17, 15) is 14.4 Å². The molecule has 0 saturated heterocycles. The van der Waals surface area contributed by atoms with Crippen LogP contribution in [0.15, 0.2) is 72.8 Å². The fraction of sp³-hybridized carbons (Fsp3) is 0.486. The van der Waals surface area contributed by atoms with Gasteiger partial charge in [-0.3, -0.25) is 14.4 Å². The van der Waals surface area contributed by atoms with Crippen molar-refractivity contribution in [2.75, 3.05) is 26.9 Å². The van der Waals surface area contributed by atoms with Gasteiger partial charge in [-0.1, -0.05) is 79.6 Å². The van der Waals surface area contributed by atoms with Crippen molar-refractivity contribution in [1.82, 2.24) is 5.32 Å². The molecule has 1 unspecified atom stereocenters. The van der Waals surface area contributed by atoms with Gasteiger partial charge < -0.3 is 24.3 Å². The Labute approximate surface area is 265 Å². The number of hydrogen-bond donors (Lipinski definition) is 1. The summed E-state index contributed by atoms with van der Waals surface area (Å²) in [5, 5.41) is 5.16. The Morgan fingerprint density at radius 1 is 0.867 bits per heavy atom. The Bertz CT molecular complexity index is 1410. The number of rotatable bonds is 14. The average Bonchev–Trinajstić information content (AvgIpc) is 3.56. The van der Waals surface area contributed by atoms with Gasteiger partial charge in [-0.15, -0.1) is 0 Å². The molecule has 2 saturated carbocycles. The Morgan fingerprint density at radius 2 is 1.58 bits per heavy atom.